The summed E-state index contributed by atoms with van der Waals surface area (Å²) in [6, 6.07) is 4.83. The monoisotopic (exact) mass is 213 g/mol. The Morgan fingerprint density at radius 2 is 2.43 bits per heavy atom. The number of nitrogens with one attached hydrogen (secondary N) is 1. The Bertz CT molecular complexity index is 330. The van der Waals surface area contributed by atoms with Crippen molar-refractivity contribution in [3.8, 4) is 0 Å². The van der Waals surface area contributed by atoms with Crippen LogP contribution in [0.3, 0.4) is 0 Å². The molecule has 1 atom stereocenters. The van der Waals surface area contributed by atoms with Crippen LogP contribution in [0, 0.1) is 0 Å². The van der Waals surface area contributed by atoms with Crippen molar-refractivity contribution in [1.29, 1.82) is 0 Å². The zero-order valence-corrected chi connectivity index (χ0v) is 8.58. The van der Waals surface area contributed by atoms with Crippen LogP contribution in [-0.4, -0.2) is 23.5 Å². The highest BCUT2D eigenvalue weighted by Crippen LogP contribution is 2.04. The third-order valence-corrected chi connectivity index (χ3v) is 1.89. The number of nitrogens with two attached hydrogens (primary N) is 1. The van der Waals surface area contributed by atoms with E-state index in [0.717, 1.165) is 0 Å². The van der Waals surface area contributed by atoms with Crippen LogP contribution in [0.5, 0.6) is 0 Å². The van der Waals surface area contributed by atoms with Gasteiger partial charge in [0.1, 0.15) is 10.8 Å². The number of pyridine rings is 1. The molecule has 1 heterocycles. The van der Waals surface area contributed by atoms with Gasteiger partial charge in [-0.1, -0.05) is 17.7 Å². The van der Waals surface area contributed by atoms with Crippen molar-refractivity contribution >= 4 is 17.5 Å². The molecule has 0 aliphatic carbocycles. The summed E-state index contributed by atoms with van der Waals surface area (Å²) in [4.78, 5) is 15.4. The van der Waals surface area contributed by atoms with Gasteiger partial charge in [-0.3, -0.25) is 4.79 Å². The smallest absolute Gasteiger partial charge is 0.270 e. The first-order chi connectivity index (χ1) is 6.63. The Morgan fingerprint density at radius 3 is 3.00 bits per heavy atom. The lowest BCUT2D eigenvalue weighted by atomic mass is 10.3. The van der Waals surface area contributed by atoms with Gasteiger partial charge in [0.25, 0.3) is 5.91 Å². The van der Waals surface area contributed by atoms with Crippen molar-refractivity contribution in [3.63, 3.8) is 0 Å². The molecule has 76 valence electrons. The van der Waals surface area contributed by atoms with Gasteiger partial charge in [-0.2, -0.15) is 0 Å². The molecular weight excluding hydrogens is 202 g/mol. The molecule has 0 aliphatic heterocycles. The number of carbonyl (C=O) groups excluding carboxylic acids is 1. The fourth-order valence-electron chi connectivity index (χ4n) is 0.891. The zero-order chi connectivity index (χ0) is 10.6. The van der Waals surface area contributed by atoms with E-state index in [1.54, 1.807) is 18.2 Å². The average molecular weight is 214 g/mol. The van der Waals surface area contributed by atoms with Gasteiger partial charge in [-0.15, -0.1) is 0 Å². The van der Waals surface area contributed by atoms with Crippen LogP contribution in [0.25, 0.3) is 0 Å². The number of halogens is 1. The Labute approximate surface area is 87.5 Å². The van der Waals surface area contributed by atoms with E-state index in [-0.39, 0.29) is 11.9 Å². The zero-order valence-electron chi connectivity index (χ0n) is 7.83. The largest absolute Gasteiger partial charge is 0.347 e. The van der Waals surface area contributed by atoms with Gasteiger partial charge in [-0.05, 0) is 19.1 Å². The molecule has 0 aromatic carbocycles. The summed E-state index contributed by atoms with van der Waals surface area (Å²) in [5, 5.41) is 2.99. The van der Waals surface area contributed by atoms with E-state index >= 15 is 0 Å². The highest BCUT2D eigenvalue weighted by molar-refractivity contribution is 6.29. The van der Waals surface area contributed by atoms with Gasteiger partial charge < -0.3 is 11.1 Å². The number of rotatable bonds is 3. The molecule has 0 unspecified atom stereocenters. The Morgan fingerprint density at radius 1 is 1.71 bits per heavy atom. The number of nitrogens with zero attached hydrogens (tertiary/aromatic N) is 1. The van der Waals surface area contributed by atoms with Gasteiger partial charge in [0.15, 0.2) is 0 Å². The van der Waals surface area contributed by atoms with Gasteiger partial charge in [-0.25, -0.2) is 4.98 Å². The van der Waals surface area contributed by atoms with E-state index < -0.39 is 0 Å². The third-order valence-electron chi connectivity index (χ3n) is 1.68. The topological polar surface area (TPSA) is 68.0 Å². The summed E-state index contributed by atoms with van der Waals surface area (Å²) < 4.78 is 0. The second-order valence-electron chi connectivity index (χ2n) is 2.96. The first kappa shape index (κ1) is 10.9. The molecule has 0 aliphatic rings. The Balaban J connectivity index is 2.70. The molecular formula is C9H12ClN3O. The highest BCUT2D eigenvalue weighted by atomic mass is 35.5. The predicted molar refractivity (Wildman–Crippen MR) is 55.2 cm³/mol. The van der Waals surface area contributed by atoms with E-state index in [1.807, 2.05) is 6.92 Å². The van der Waals surface area contributed by atoms with Gasteiger partial charge in [0.2, 0.25) is 0 Å². The molecule has 0 bridgehead atoms. The molecule has 5 heteroatoms. The van der Waals surface area contributed by atoms with Crippen LogP contribution in [0.1, 0.15) is 17.4 Å². The van der Waals surface area contributed by atoms with E-state index in [4.69, 9.17) is 17.3 Å². The minimum atomic E-state index is -0.259. The molecule has 1 aromatic rings. The van der Waals surface area contributed by atoms with Crippen LogP contribution in [0.4, 0.5) is 0 Å². The van der Waals surface area contributed by atoms with Gasteiger partial charge in [0, 0.05) is 12.6 Å². The second-order valence-corrected chi connectivity index (χ2v) is 3.34. The minimum Gasteiger partial charge on any atom is -0.347 e. The van der Waals surface area contributed by atoms with Crippen LogP contribution in [-0.2, 0) is 0 Å². The minimum absolute atomic E-state index is 0.0664. The summed E-state index contributed by atoms with van der Waals surface area (Å²) in [5.41, 5.74) is 5.67. The lowest BCUT2D eigenvalue weighted by Gasteiger charge is -2.10. The maximum atomic E-state index is 11.5. The van der Waals surface area contributed by atoms with Gasteiger partial charge >= 0.3 is 0 Å². The van der Waals surface area contributed by atoms with Crippen LogP contribution < -0.4 is 11.1 Å². The Kier molecular flexibility index (Phi) is 3.85. The van der Waals surface area contributed by atoms with E-state index in [0.29, 0.717) is 17.4 Å². The van der Waals surface area contributed by atoms with Crippen molar-refractivity contribution in [1.82, 2.24) is 10.3 Å². The fourth-order valence-corrected chi connectivity index (χ4v) is 1.06. The molecule has 1 amide bonds. The molecule has 1 aromatic heterocycles. The first-order valence-corrected chi connectivity index (χ1v) is 4.64. The number of amides is 1. The van der Waals surface area contributed by atoms with Crippen molar-refractivity contribution < 1.29 is 4.79 Å². The van der Waals surface area contributed by atoms with Crippen molar-refractivity contribution in [2.24, 2.45) is 5.73 Å². The molecule has 0 fully saturated rings. The van der Waals surface area contributed by atoms with Crippen LogP contribution in [0.15, 0.2) is 18.2 Å². The quantitative estimate of drug-likeness (QED) is 0.731. The summed E-state index contributed by atoms with van der Waals surface area (Å²) >= 11 is 5.64. The maximum Gasteiger partial charge on any atom is 0.270 e. The summed E-state index contributed by atoms with van der Waals surface area (Å²) in [6.45, 7) is 2.22. The number of hydrogen-bond acceptors (Lipinski definition) is 3. The molecule has 0 saturated heterocycles. The SMILES string of the molecule is C[C@@H](CN)NC(=O)c1cccc(Cl)n1. The van der Waals surface area contributed by atoms with E-state index in [9.17, 15) is 4.79 Å². The molecule has 0 spiro atoms. The highest BCUT2D eigenvalue weighted by Gasteiger charge is 2.09. The standard InChI is InChI=1S/C9H12ClN3O/c1-6(5-11)12-9(14)7-3-2-4-8(10)13-7/h2-4,6H,5,11H2,1H3,(H,12,14)/t6-/m0/s1. The van der Waals surface area contributed by atoms with E-state index in [2.05, 4.69) is 10.3 Å². The average Bonchev–Trinajstić information content (AvgIpc) is 2.17. The predicted octanol–water partition coefficient (Wildman–Crippen LogP) is 0.812. The number of carbonyl (C=O) groups is 1. The van der Waals surface area contributed by atoms with Crippen LogP contribution >= 0.6 is 11.6 Å². The number of hydrogen-bond donors (Lipinski definition) is 2. The first-order valence-electron chi connectivity index (χ1n) is 4.27. The van der Waals surface area contributed by atoms with Crippen molar-refractivity contribution in [2.75, 3.05) is 6.54 Å². The molecule has 14 heavy (non-hydrogen) atoms. The summed E-state index contributed by atoms with van der Waals surface area (Å²) in [5.74, 6) is -0.259. The fraction of sp³-hybridized carbons (Fsp3) is 0.333. The van der Waals surface area contributed by atoms with Gasteiger partial charge in [0.05, 0.1) is 0 Å². The molecule has 0 saturated carbocycles. The molecule has 3 N–H and O–H groups in total. The molecule has 1 rings (SSSR count). The van der Waals surface area contributed by atoms with Crippen molar-refractivity contribution in [3.05, 3.63) is 29.0 Å². The van der Waals surface area contributed by atoms with Crippen LogP contribution in [0.2, 0.25) is 5.15 Å². The molecule has 4 nitrogen and oxygen atoms in total. The lowest BCUT2D eigenvalue weighted by Crippen LogP contribution is -2.38. The summed E-state index contributed by atoms with van der Waals surface area (Å²) in [7, 11) is 0. The second kappa shape index (κ2) is 4.93. The Hall–Kier alpha value is -1.13. The molecule has 0 radical (unpaired) electrons. The van der Waals surface area contributed by atoms with E-state index in [1.165, 1.54) is 0 Å². The third kappa shape index (κ3) is 2.97. The summed E-state index contributed by atoms with van der Waals surface area (Å²) in [6.07, 6.45) is 0. The maximum absolute atomic E-state index is 11.5. The lowest BCUT2D eigenvalue weighted by molar-refractivity contribution is 0.0936. The van der Waals surface area contributed by atoms with Crippen molar-refractivity contribution in [2.45, 2.75) is 13.0 Å². The number of aromatic nitrogens is 1. The normalized spacial score (nSPS) is 12.2.